The summed E-state index contributed by atoms with van der Waals surface area (Å²) in [5.74, 6) is 0.396. The minimum Gasteiger partial charge on any atom is -0.339 e. The topological polar surface area (TPSA) is 49.4 Å². The molecule has 0 atom stereocenters. The van der Waals surface area contributed by atoms with Gasteiger partial charge < -0.3 is 10.2 Å². The summed E-state index contributed by atoms with van der Waals surface area (Å²) in [5.41, 5.74) is 3.15. The van der Waals surface area contributed by atoms with E-state index in [1.165, 1.54) is 0 Å². The smallest absolute Gasteiger partial charge is 0.226 e. The van der Waals surface area contributed by atoms with Crippen molar-refractivity contribution in [3.05, 3.63) is 29.3 Å². The first-order valence-corrected chi connectivity index (χ1v) is 8.06. The Kier molecular flexibility index (Phi) is 5.22. The Morgan fingerprint density at radius 3 is 2.55 bits per heavy atom. The van der Waals surface area contributed by atoms with E-state index in [0.29, 0.717) is 24.9 Å². The van der Waals surface area contributed by atoms with E-state index in [9.17, 15) is 9.59 Å². The Bertz CT molecular complexity index is 562. The summed E-state index contributed by atoms with van der Waals surface area (Å²) < 4.78 is 0. The van der Waals surface area contributed by atoms with Crippen LogP contribution in [0.25, 0.3) is 0 Å². The van der Waals surface area contributed by atoms with E-state index in [4.69, 9.17) is 0 Å². The molecule has 4 heteroatoms. The molecule has 1 aliphatic rings. The third-order valence-electron chi connectivity index (χ3n) is 4.16. The number of para-hydroxylation sites is 1. The van der Waals surface area contributed by atoms with E-state index < -0.39 is 0 Å². The van der Waals surface area contributed by atoms with Crippen LogP contribution in [0, 0.1) is 6.92 Å². The number of aryl methyl sites for hydroxylation is 1. The van der Waals surface area contributed by atoms with Crippen LogP contribution in [-0.4, -0.2) is 29.3 Å². The second-order valence-electron chi connectivity index (χ2n) is 6.44. The Balaban J connectivity index is 1.99. The summed E-state index contributed by atoms with van der Waals surface area (Å²) in [6.45, 7) is 8.33. The van der Waals surface area contributed by atoms with Crippen molar-refractivity contribution < 1.29 is 9.59 Å². The molecule has 1 aliphatic carbocycles. The van der Waals surface area contributed by atoms with Crippen molar-refractivity contribution in [2.75, 3.05) is 11.9 Å². The minimum absolute atomic E-state index is 0.0249. The summed E-state index contributed by atoms with van der Waals surface area (Å²) in [4.78, 5) is 25.7. The standard InChI is InChI=1S/C18H26N2O2/c1-12(2)16-7-5-6-13(3)18(16)19-17(22)10-11-20(14(4)21)15-8-9-15/h5-7,12,15H,8-11H2,1-4H3,(H,19,22). The Labute approximate surface area is 132 Å². The van der Waals surface area contributed by atoms with Gasteiger partial charge in [0.25, 0.3) is 0 Å². The molecule has 2 rings (SSSR count). The summed E-state index contributed by atoms with van der Waals surface area (Å²) in [7, 11) is 0. The molecule has 4 nitrogen and oxygen atoms in total. The number of anilines is 1. The lowest BCUT2D eigenvalue weighted by molar-refractivity contribution is -0.129. The van der Waals surface area contributed by atoms with Crippen LogP contribution in [0.2, 0.25) is 0 Å². The fourth-order valence-corrected chi connectivity index (χ4v) is 2.75. The highest BCUT2D eigenvalue weighted by molar-refractivity contribution is 5.92. The Hall–Kier alpha value is -1.84. The van der Waals surface area contributed by atoms with Crippen LogP contribution in [-0.2, 0) is 9.59 Å². The lowest BCUT2D eigenvalue weighted by Gasteiger charge is -2.21. The van der Waals surface area contributed by atoms with E-state index in [-0.39, 0.29) is 11.8 Å². The number of nitrogens with one attached hydrogen (secondary N) is 1. The largest absolute Gasteiger partial charge is 0.339 e. The molecule has 0 aliphatic heterocycles. The van der Waals surface area contributed by atoms with Crippen LogP contribution >= 0.6 is 0 Å². The number of carbonyl (C=O) groups excluding carboxylic acids is 2. The number of carbonyl (C=O) groups is 2. The van der Waals surface area contributed by atoms with Gasteiger partial charge >= 0.3 is 0 Å². The van der Waals surface area contributed by atoms with Crippen molar-refractivity contribution in [3.63, 3.8) is 0 Å². The van der Waals surface area contributed by atoms with Gasteiger partial charge in [0.2, 0.25) is 11.8 Å². The van der Waals surface area contributed by atoms with E-state index in [1.807, 2.05) is 24.0 Å². The molecule has 0 unspecified atom stereocenters. The predicted molar refractivity (Wildman–Crippen MR) is 88.9 cm³/mol. The average Bonchev–Trinajstić information content (AvgIpc) is 3.25. The first-order valence-electron chi connectivity index (χ1n) is 8.06. The Morgan fingerprint density at radius 1 is 1.32 bits per heavy atom. The molecular weight excluding hydrogens is 276 g/mol. The van der Waals surface area contributed by atoms with E-state index in [1.54, 1.807) is 6.92 Å². The van der Waals surface area contributed by atoms with E-state index in [0.717, 1.165) is 29.7 Å². The van der Waals surface area contributed by atoms with Gasteiger partial charge in [0.15, 0.2) is 0 Å². The SMILES string of the molecule is CC(=O)N(CCC(=O)Nc1c(C)cccc1C(C)C)C1CC1. The van der Waals surface area contributed by atoms with Crippen LogP contribution in [0.5, 0.6) is 0 Å². The number of hydrogen-bond acceptors (Lipinski definition) is 2. The normalized spacial score (nSPS) is 14.0. The quantitative estimate of drug-likeness (QED) is 0.875. The minimum atomic E-state index is -0.0249. The molecule has 2 amide bonds. The van der Waals surface area contributed by atoms with Crippen molar-refractivity contribution in [1.29, 1.82) is 0 Å². The van der Waals surface area contributed by atoms with E-state index >= 15 is 0 Å². The molecular formula is C18H26N2O2. The molecule has 0 radical (unpaired) electrons. The van der Waals surface area contributed by atoms with E-state index in [2.05, 4.69) is 25.2 Å². The third-order valence-corrected chi connectivity index (χ3v) is 4.16. The lowest BCUT2D eigenvalue weighted by atomic mass is 9.98. The molecule has 0 aromatic heterocycles. The molecule has 0 spiro atoms. The van der Waals surface area contributed by atoms with Gasteiger partial charge in [-0.2, -0.15) is 0 Å². The molecule has 0 heterocycles. The second kappa shape index (κ2) is 6.95. The Morgan fingerprint density at radius 2 is 2.00 bits per heavy atom. The van der Waals surface area contributed by atoms with Crippen molar-refractivity contribution in [1.82, 2.24) is 4.90 Å². The molecule has 22 heavy (non-hydrogen) atoms. The fraction of sp³-hybridized carbons (Fsp3) is 0.556. The monoisotopic (exact) mass is 302 g/mol. The maximum atomic E-state index is 12.3. The van der Waals surface area contributed by atoms with Crippen LogP contribution in [0.15, 0.2) is 18.2 Å². The van der Waals surface area contributed by atoms with Crippen LogP contribution in [0.3, 0.4) is 0 Å². The van der Waals surface area contributed by atoms with Gasteiger partial charge in [-0.05, 0) is 36.8 Å². The summed E-state index contributed by atoms with van der Waals surface area (Å²) >= 11 is 0. The van der Waals surface area contributed by atoms with Crippen LogP contribution in [0.1, 0.15) is 57.1 Å². The number of benzene rings is 1. The summed E-state index contributed by atoms with van der Waals surface area (Å²) in [5, 5.41) is 3.04. The second-order valence-corrected chi connectivity index (χ2v) is 6.44. The van der Waals surface area contributed by atoms with Gasteiger partial charge in [-0.15, -0.1) is 0 Å². The molecule has 0 bridgehead atoms. The molecule has 120 valence electrons. The zero-order chi connectivity index (χ0) is 16.3. The molecule has 1 saturated carbocycles. The van der Waals surface area contributed by atoms with Crippen LogP contribution < -0.4 is 5.32 Å². The van der Waals surface area contributed by atoms with Gasteiger partial charge in [-0.1, -0.05) is 32.0 Å². The third kappa shape index (κ3) is 4.09. The zero-order valence-electron chi connectivity index (χ0n) is 14.0. The maximum Gasteiger partial charge on any atom is 0.226 e. The molecule has 1 aromatic carbocycles. The number of nitrogens with zero attached hydrogens (tertiary/aromatic N) is 1. The first kappa shape index (κ1) is 16.5. The van der Waals surface area contributed by atoms with Crippen molar-refractivity contribution in [3.8, 4) is 0 Å². The highest BCUT2D eigenvalue weighted by atomic mass is 16.2. The van der Waals surface area contributed by atoms with Gasteiger partial charge in [0.1, 0.15) is 0 Å². The van der Waals surface area contributed by atoms with Crippen molar-refractivity contribution >= 4 is 17.5 Å². The molecule has 1 N–H and O–H groups in total. The number of hydrogen-bond donors (Lipinski definition) is 1. The lowest BCUT2D eigenvalue weighted by Crippen LogP contribution is -2.34. The van der Waals surface area contributed by atoms with Gasteiger partial charge in [0, 0.05) is 31.6 Å². The first-order chi connectivity index (χ1) is 10.4. The fourth-order valence-electron chi connectivity index (χ4n) is 2.75. The maximum absolute atomic E-state index is 12.3. The van der Waals surface area contributed by atoms with Gasteiger partial charge in [-0.3, -0.25) is 9.59 Å². The number of rotatable bonds is 6. The summed E-state index contributed by atoms with van der Waals surface area (Å²) in [6, 6.07) is 6.44. The number of amides is 2. The zero-order valence-corrected chi connectivity index (χ0v) is 14.0. The van der Waals surface area contributed by atoms with Crippen LogP contribution in [0.4, 0.5) is 5.69 Å². The highest BCUT2D eigenvalue weighted by Crippen LogP contribution is 2.28. The van der Waals surface area contributed by atoms with Crippen molar-refractivity contribution in [2.45, 2.75) is 58.9 Å². The highest BCUT2D eigenvalue weighted by Gasteiger charge is 2.30. The van der Waals surface area contributed by atoms with Crippen molar-refractivity contribution in [2.24, 2.45) is 0 Å². The molecule has 0 saturated heterocycles. The predicted octanol–water partition coefficient (Wildman–Crippen LogP) is 3.46. The van der Waals surface area contributed by atoms with Gasteiger partial charge in [-0.25, -0.2) is 0 Å². The van der Waals surface area contributed by atoms with Gasteiger partial charge in [0.05, 0.1) is 0 Å². The molecule has 1 fully saturated rings. The average molecular weight is 302 g/mol. The molecule has 1 aromatic rings. The summed E-state index contributed by atoms with van der Waals surface area (Å²) in [6.07, 6.45) is 2.48.